The van der Waals surface area contributed by atoms with E-state index in [0.29, 0.717) is 22.1 Å². The Morgan fingerprint density at radius 2 is 2.00 bits per heavy atom. The van der Waals surface area contributed by atoms with Crippen molar-refractivity contribution < 1.29 is 9.59 Å². The first-order chi connectivity index (χ1) is 9.08. The van der Waals surface area contributed by atoms with Crippen molar-refractivity contribution in [2.75, 3.05) is 4.90 Å². The standard InChI is InChI=1S/C13H7BrClNO2S/c14-9-3-1-2-8-11(9)16(13(18)12(8)17)6-7-4-5-10(15)19-7/h1-5H,6H2. The van der Waals surface area contributed by atoms with Crippen molar-refractivity contribution in [2.24, 2.45) is 0 Å². The van der Waals surface area contributed by atoms with Crippen molar-refractivity contribution in [1.29, 1.82) is 0 Å². The van der Waals surface area contributed by atoms with Crippen molar-refractivity contribution in [1.82, 2.24) is 0 Å². The Labute approximate surface area is 126 Å². The van der Waals surface area contributed by atoms with Crippen LogP contribution in [0.5, 0.6) is 0 Å². The number of hydrogen-bond acceptors (Lipinski definition) is 3. The van der Waals surface area contributed by atoms with Gasteiger partial charge in [0.1, 0.15) is 0 Å². The quantitative estimate of drug-likeness (QED) is 0.766. The number of anilines is 1. The van der Waals surface area contributed by atoms with E-state index in [1.54, 1.807) is 18.2 Å². The lowest BCUT2D eigenvalue weighted by atomic mass is 10.1. The number of para-hydroxylation sites is 1. The SMILES string of the molecule is O=C1C(=O)N(Cc2ccc(Cl)s2)c2c(Br)cccc21. The molecule has 0 radical (unpaired) electrons. The molecule has 2 aromatic rings. The summed E-state index contributed by atoms with van der Waals surface area (Å²) in [5.74, 6) is -0.953. The van der Waals surface area contributed by atoms with Gasteiger partial charge in [-0.15, -0.1) is 11.3 Å². The number of fused-ring (bicyclic) bond motifs is 1. The van der Waals surface area contributed by atoms with Crippen LogP contribution in [-0.2, 0) is 11.3 Å². The van der Waals surface area contributed by atoms with E-state index in [2.05, 4.69) is 15.9 Å². The summed E-state index contributed by atoms with van der Waals surface area (Å²) in [4.78, 5) is 26.4. The Bertz CT molecular complexity index is 698. The second-order valence-corrected chi connectivity index (χ2v) is 6.72. The Morgan fingerprint density at radius 1 is 1.21 bits per heavy atom. The number of halogens is 2. The Hall–Kier alpha value is -1.17. The predicted octanol–water partition coefficient (Wildman–Crippen LogP) is 3.89. The zero-order valence-corrected chi connectivity index (χ0v) is 12.7. The minimum Gasteiger partial charge on any atom is -0.298 e. The summed E-state index contributed by atoms with van der Waals surface area (Å²) in [5, 5.41) is 0. The maximum Gasteiger partial charge on any atom is 0.299 e. The van der Waals surface area contributed by atoms with E-state index in [-0.39, 0.29) is 0 Å². The lowest BCUT2D eigenvalue weighted by molar-refractivity contribution is -0.114. The number of thiophene rings is 1. The molecule has 0 bridgehead atoms. The number of nitrogens with zero attached hydrogens (tertiary/aromatic N) is 1. The lowest BCUT2D eigenvalue weighted by Gasteiger charge is -2.16. The van der Waals surface area contributed by atoms with Crippen LogP contribution >= 0.6 is 38.9 Å². The van der Waals surface area contributed by atoms with E-state index < -0.39 is 11.7 Å². The normalized spacial score (nSPS) is 14.1. The Morgan fingerprint density at radius 3 is 2.68 bits per heavy atom. The Balaban J connectivity index is 2.04. The van der Waals surface area contributed by atoms with E-state index in [4.69, 9.17) is 11.6 Å². The molecule has 1 amide bonds. The third-order valence-corrected chi connectivity index (χ3v) is 4.74. The van der Waals surface area contributed by atoms with Crippen molar-refractivity contribution in [3.63, 3.8) is 0 Å². The fourth-order valence-corrected chi connectivity index (χ4v) is 3.71. The number of Topliss-reactive ketones (excluding diaryl/α,β-unsaturated/α-hetero) is 1. The van der Waals surface area contributed by atoms with Crippen LogP contribution < -0.4 is 4.90 Å². The fourth-order valence-electron chi connectivity index (χ4n) is 2.06. The molecule has 3 rings (SSSR count). The van der Waals surface area contributed by atoms with Gasteiger partial charge in [0.05, 0.1) is 22.1 Å². The number of carbonyl (C=O) groups is 2. The van der Waals surface area contributed by atoms with Gasteiger partial charge in [-0.2, -0.15) is 0 Å². The first-order valence-electron chi connectivity index (χ1n) is 5.47. The maximum absolute atomic E-state index is 12.1. The molecule has 0 N–H and O–H groups in total. The van der Waals surface area contributed by atoms with Crippen molar-refractivity contribution in [3.05, 3.63) is 49.6 Å². The van der Waals surface area contributed by atoms with E-state index in [1.807, 2.05) is 12.1 Å². The third kappa shape index (κ3) is 2.12. The minimum atomic E-state index is -0.494. The summed E-state index contributed by atoms with van der Waals surface area (Å²) in [6.07, 6.45) is 0. The molecule has 0 spiro atoms. The molecule has 1 aliphatic rings. The number of rotatable bonds is 2. The zero-order chi connectivity index (χ0) is 13.6. The molecule has 0 saturated heterocycles. The highest BCUT2D eigenvalue weighted by Gasteiger charge is 2.37. The Kier molecular flexibility index (Phi) is 3.20. The van der Waals surface area contributed by atoms with Crippen LogP contribution in [0, 0.1) is 0 Å². The minimum absolute atomic E-state index is 0.359. The molecule has 6 heteroatoms. The van der Waals surface area contributed by atoms with Crippen LogP contribution in [0.15, 0.2) is 34.8 Å². The molecule has 1 aromatic carbocycles. The van der Waals surface area contributed by atoms with Crippen molar-refractivity contribution in [2.45, 2.75) is 6.54 Å². The summed E-state index contributed by atoms with van der Waals surface area (Å²) in [5.41, 5.74) is 1.09. The molecule has 0 saturated carbocycles. The third-order valence-electron chi connectivity index (χ3n) is 2.88. The number of benzene rings is 1. The molecular formula is C13H7BrClNO2S. The first kappa shape index (κ1) is 12.8. The van der Waals surface area contributed by atoms with Crippen LogP contribution in [0.2, 0.25) is 4.34 Å². The van der Waals surface area contributed by atoms with Crippen LogP contribution in [-0.4, -0.2) is 11.7 Å². The van der Waals surface area contributed by atoms with Gasteiger partial charge in [0.25, 0.3) is 11.7 Å². The maximum atomic E-state index is 12.1. The zero-order valence-electron chi connectivity index (χ0n) is 9.52. The lowest BCUT2D eigenvalue weighted by Crippen LogP contribution is -2.28. The van der Waals surface area contributed by atoms with Gasteiger partial charge in [0.2, 0.25) is 0 Å². The summed E-state index contributed by atoms with van der Waals surface area (Å²) >= 11 is 10.7. The van der Waals surface area contributed by atoms with Crippen LogP contribution in [0.25, 0.3) is 0 Å². The number of hydrogen-bond donors (Lipinski definition) is 0. The summed E-state index contributed by atoms with van der Waals surface area (Å²) in [7, 11) is 0. The predicted molar refractivity (Wildman–Crippen MR) is 79.0 cm³/mol. The topological polar surface area (TPSA) is 37.4 Å². The van der Waals surface area contributed by atoms with Crippen LogP contribution in [0.4, 0.5) is 5.69 Å². The van der Waals surface area contributed by atoms with Crippen LogP contribution in [0.3, 0.4) is 0 Å². The summed E-state index contributed by atoms with van der Waals surface area (Å²) in [6.45, 7) is 0.359. The van der Waals surface area contributed by atoms with Gasteiger partial charge < -0.3 is 0 Å². The van der Waals surface area contributed by atoms with Gasteiger partial charge in [0, 0.05) is 9.35 Å². The molecule has 1 aliphatic heterocycles. The number of amides is 1. The summed E-state index contributed by atoms with van der Waals surface area (Å²) in [6, 6.07) is 8.88. The average Bonchev–Trinajstić information content (AvgIpc) is 2.89. The average molecular weight is 357 g/mol. The van der Waals surface area contributed by atoms with E-state index in [1.165, 1.54) is 16.2 Å². The molecule has 96 valence electrons. The molecule has 19 heavy (non-hydrogen) atoms. The first-order valence-corrected chi connectivity index (χ1v) is 7.45. The molecule has 0 atom stereocenters. The molecular weight excluding hydrogens is 350 g/mol. The van der Waals surface area contributed by atoms with Crippen molar-refractivity contribution in [3.8, 4) is 0 Å². The molecule has 0 aliphatic carbocycles. The second-order valence-electron chi connectivity index (χ2n) is 4.06. The fraction of sp³-hybridized carbons (Fsp3) is 0.0769. The molecule has 0 unspecified atom stereocenters. The number of carbonyl (C=O) groups excluding carboxylic acids is 2. The molecule has 3 nitrogen and oxygen atoms in total. The highest BCUT2D eigenvalue weighted by atomic mass is 79.9. The molecule has 0 fully saturated rings. The van der Waals surface area contributed by atoms with Gasteiger partial charge in [-0.1, -0.05) is 17.7 Å². The summed E-state index contributed by atoms with van der Waals surface area (Å²) < 4.78 is 1.41. The van der Waals surface area contributed by atoms with Gasteiger partial charge in [-0.3, -0.25) is 14.5 Å². The van der Waals surface area contributed by atoms with E-state index in [0.717, 1.165) is 9.35 Å². The smallest absolute Gasteiger partial charge is 0.298 e. The van der Waals surface area contributed by atoms with Gasteiger partial charge >= 0.3 is 0 Å². The van der Waals surface area contributed by atoms with Crippen LogP contribution in [0.1, 0.15) is 15.2 Å². The van der Waals surface area contributed by atoms with E-state index >= 15 is 0 Å². The largest absolute Gasteiger partial charge is 0.299 e. The van der Waals surface area contributed by atoms with Gasteiger partial charge in [-0.25, -0.2) is 0 Å². The number of ketones is 1. The highest BCUT2D eigenvalue weighted by Crippen LogP contribution is 2.37. The molecule has 1 aromatic heterocycles. The second kappa shape index (κ2) is 4.74. The van der Waals surface area contributed by atoms with Gasteiger partial charge in [-0.05, 0) is 40.2 Å². The monoisotopic (exact) mass is 355 g/mol. The van der Waals surface area contributed by atoms with Gasteiger partial charge in [0.15, 0.2) is 0 Å². The van der Waals surface area contributed by atoms with E-state index in [9.17, 15) is 9.59 Å². The highest BCUT2D eigenvalue weighted by molar-refractivity contribution is 9.10. The molecule has 2 heterocycles. The van der Waals surface area contributed by atoms with Crippen molar-refractivity contribution >= 4 is 56.2 Å².